The van der Waals surface area contributed by atoms with Gasteiger partial charge in [0.2, 0.25) is 0 Å². The molecule has 0 aliphatic heterocycles. The predicted octanol–water partition coefficient (Wildman–Crippen LogP) is 1.57. The van der Waals surface area contributed by atoms with Gasteiger partial charge < -0.3 is 11.5 Å². The summed E-state index contributed by atoms with van der Waals surface area (Å²) in [6.07, 6.45) is 0.873. The number of hydrogen-bond acceptors (Lipinski definition) is 5. The van der Waals surface area contributed by atoms with E-state index in [-0.39, 0.29) is 0 Å². The lowest BCUT2D eigenvalue weighted by Gasteiger charge is -2.39. The Morgan fingerprint density at radius 1 is 0.941 bits per heavy atom. The Balaban J connectivity index is 4.59. The van der Waals surface area contributed by atoms with Gasteiger partial charge in [0, 0.05) is 0 Å². The highest BCUT2D eigenvalue weighted by molar-refractivity contribution is 8.21. The molecule has 0 aromatic carbocycles. The van der Waals surface area contributed by atoms with Crippen LogP contribution in [0.3, 0.4) is 0 Å². The summed E-state index contributed by atoms with van der Waals surface area (Å²) in [5.74, 6) is 0.996. The van der Waals surface area contributed by atoms with Crippen molar-refractivity contribution in [2.45, 2.75) is 27.2 Å². The first-order valence-corrected chi connectivity index (χ1v) is 7.89. The van der Waals surface area contributed by atoms with Crippen molar-refractivity contribution in [3.63, 3.8) is 0 Å². The van der Waals surface area contributed by atoms with Crippen molar-refractivity contribution < 1.29 is 12.5 Å². The minimum absolute atomic E-state index is 0.291. The Morgan fingerprint density at radius 3 is 1.71 bits per heavy atom. The zero-order valence-electron chi connectivity index (χ0n) is 11.3. The monoisotopic (exact) mass is 268 g/mol. The van der Waals surface area contributed by atoms with E-state index in [2.05, 4.69) is 0 Å². The van der Waals surface area contributed by atoms with Crippen LogP contribution >= 0.6 is 10.9 Å². The van der Waals surface area contributed by atoms with E-state index in [1.807, 2.05) is 20.8 Å². The number of hydrogen-bond donors (Lipinski definition) is 2. The molecule has 5 nitrogen and oxygen atoms in total. The lowest BCUT2D eigenvalue weighted by molar-refractivity contribution is 0.181. The molecule has 0 fully saturated rings. The summed E-state index contributed by atoms with van der Waals surface area (Å²) in [5.41, 5.74) is 11.3. The molecule has 0 rings (SSSR count). The molecular weight excluding hydrogens is 240 g/mol. The largest absolute Gasteiger partial charge is 0.330 e. The lowest BCUT2D eigenvalue weighted by Crippen LogP contribution is -2.28. The highest BCUT2D eigenvalue weighted by Gasteiger charge is 2.29. The van der Waals surface area contributed by atoms with Crippen molar-refractivity contribution >= 4 is 10.9 Å². The first-order valence-electron chi connectivity index (χ1n) is 6.32. The highest BCUT2D eigenvalue weighted by Crippen LogP contribution is 2.52. The average Bonchev–Trinajstić information content (AvgIpc) is 2.29. The normalized spacial score (nSPS) is 14.9. The van der Waals surface area contributed by atoms with Gasteiger partial charge in [-0.05, 0) is 46.2 Å². The summed E-state index contributed by atoms with van der Waals surface area (Å²) in [7, 11) is -1.92. The van der Waals surface area contributed by atoms with Gasteiger partial charge in [0.1, 0.15) is 0 Å². The van der Waals surface area contributed by atoms with Crippen LogP contribution in [0.4, 0.5) is 0 Å². The molecule has 0 aliphatic rings. The third-order valence-electron chi connectivity index (χ3n) is 2.24. The summed E-state index contributed by atoms with van der Waals surface area (Å²) >= 11 is 0. The van der Waals surface area contributed by atoms with Gasteiger partial charge >= 0.3 is 0 Å². The molecule has 0 aromatic heterocycles. The van der Waals surface area contributed by atoms with Crippen molar-refractivity contribution in [2.75, 3.05) is 38.7 Å². The Hall–Kier alpha value is 0.150. The van der Waals surface area contributed by atoms with E-state index in [9.17, 15) is 0 Å². The van der Waals surface area contributed by atoms with Crippen LogP contribution in [0.5, 0.6) is 0 Å². The lowest BCUT2D eigenvalue weighted by atomic mass is 10.1. The second-order valence-electron chi connectivity index (χ2n) is 3.62. The van der Waals surface area contributed by atoms with Crippen LogP contribution in [0, 0.1) is 5.92 Å². The van der Waals surface area contributed by atoms with Gasteiger partial charge in [-0.1, -0.05) is 0 Å². The molecular formula is C11H28N2O3S. The molecule has 0 radical (unpaired) electrons. The van der Waals surface area contributed by atoms with E-state index >= 15 is 0 Å². The summed E-state index contributed by atoms with van der Waals surface area (Å²) in [4.78, 5) is 0. The van der Waals surface area contributed by atoms with Crippen LogP contribution in [-0.4, -0.2) is 38.7 Å². The maximum Gasteiger partial charge on any atom is 0.0890 e. The Bertz CT molecular complexity index is 167. The molecule has 17 heavy (non-hydrogen) atoms. The molecule has 0 heterocycles. The van der Waals surface area contributed by atoms with Crippen LogP contribution in [0.1, 0.15) is 27.2 Å². The van der Waals surface area contributed by atoms with Gasteiger partial charge in [-0.2, -0.15) is 0 Å². The minimum Gasteiger partial charge on any atom is -0.330 e. The minimum atomic E-state index is -1.92. The maximum absolute atomic E-state index is 5.75. The van der Waals surface area contributed by atoms with Crippen LogP contribution in [0.25, 0.3) is 0 Å². The molecule has 0 saturated heterocycles. The molecule has 0 aromatic rings. The zero-order valence-corrected chi connectivity index (χ0v) is 12.1. The molecule has 6 heteroatoms. The van der Waals surface area contributed by atoms with Crippen LogP contribution in [-0.2, 0) is 12.5 Å². The van der Waals surface area contributed by atoms with Gasteiger partial charge in [-0.25, -0.2) is 0 Å². The molecule has 0 aliphatic carbocycles. The first kappa shape index (κ1) is 17.2. The molecule has 4 N–H and O–H groups in total. The Labute approximate surface area is 107 Å². The number of nitrogens with two attached hydrogens (primary N) is 2. The van der Waals surface area contributed by atoms with Crippen LogP contribution in [0.2, 0.25) is 0 Å². The molecule has 0 bridgehead atoms. The second-order valence-corrected chi connectivity index (χ2v) is 5.78. The SMILES string of the molecule is CCOS(CC(CN)CCN)(OCC)OCC. The van der Waals surface area contributed by atoms with E-state index in [1.165, 1.54) is 0 Å². The van der Waals surface area contributed by atoms with Gasteiger partial charge in [0.05, 0.1) is 36.4 Å². The molecule has 106 valence electrons. The fourth-order valence-electron chi connectivity index (χ4n) is 1.58. The molecule has 0 saturated carbocycles. The first-order chi connectivity index (χ1) is 8.17. The van der Waals surface area contributed by atoms with E-state index in [0.29, 0.717) is 44.6 Å². The zero-order chi connectivity index (χ0) is 13.1. The Morgan fingerprint density at radius 2 is 1.41 bits per heavy atom. The summed E-state index contributed by atoms with van der Waals surface area (Å²) in [6.45, 7) is 8.78. The molecule has 0 spiro atoms. The third-order valence-corrected chi connectivity index (χ3v) is 4.90. The standard InChI is InChI=1S/C11H28N2O3S/c1-4-14-17(15-5-2,16-6-3)10-11(9-13)7-8-12/h11H,4-10,12-13H2,1-3H3. The number of rotatable bonds is 11. The molecule has 1 atom stereocenters. The summed E-state index contributed by atoms with van der Waals surface area (Å²) in [5, 5.41) is 0. The topological polar surface area (TPSA) is 79.7 Å². The van der Waals surface area contributed by atoms with Gasteiger partial charge in [0.25, 0.3) is 0 Å². The van der Waals surface area contributed by atoms with Crippen LogP contribution in [0.15, 0.2) is 0 Å². The van der Waals surface area contributed by atoms with Gasteiger partial charge in [-0.15, -0.1) is 0 Å². The fourth-order valence-corrected chi connectivity index (χ4v) is 4.03. The molecule has 0 amide bonds. The third kappa shape index (κ3) is 6.59. The average molecular weight is 268 g/mol. The van der Waals surface area contributed by atoms with Crippen LogP contribution < -0.4 is 11.5 Å². The van der Waals surface area contributed by atoms with Crippen molar-refractivity contribution in [1.29, 1.82) is 0 Å². The summed E-state index contributed by atoms with van der Waals surface area (Å²) < 4.78 is 17.2. The van der Waals surface area contributed by atoms with Crippen molar-refractivity contribution in [1.82, 2.24) is 0 Å². The van der Waals surface area contributed by atoms with E-state index < -0.39 is 10.9 Å². The second kappa shape index (κ2) is 10.1. The summed E-state index contributed by atoms with van der Waals surface area (Å²) in [6, 6.07) is 0. The van der Waals surface area contributed by atoms with Crippen molar-refractivity contribution in [3.8, 4) is 0 Å². The van der Waals surface area contributed by atoms with E-state index in [0.717, 1.165) is 6.42 Å². The quantitative estimate of drug-likeness (QED) is 0.594. The van der Waals surface area contributed by atoms with E-state index in [4.69, 9.17) is 24.0 Å². The Kier molecular flexibility index (Phi) is 10.2. The predicted molar refractivity (Wildman–Crippen MR) is 73.6 cm³/mol. The van der Waals surface area contributed by atoms with Gasteiger partial charge in [0.15, 0.2) is 0 Å². The maximum atomic E-state index is 5.75. The fraction of sp³-hybridized carbons (Fsp3) is 1.00. The molecule has 1 unspecified atom stereocenters. The van der Waals surface area contributed by atoms with E-state index in [1.54, 1.807) is 0 Å². The van der Waals surface area contributed by atoms with Gasteiger partial charge in [-0.3, -0.25) is 12.5 Å². The smallest absolute Gasteiger partial charge is 0.0890 e. The van der Waals surface area contributed by atoms with Crippen molar-refractivity contribution in [3.05, 3.63) is 0 Å². The van der Waals surface area contributed by atoms with Crippen molar-refractivity contribution in [2.24, 2.45) is 17.4 Å². The highest BCUT2D eigenvalue weighted by atomic mass is 32.3.